The fourth-order valence-corrected chi connectivity index (χ4v) is 4.24. The van der Waals surface area contributed by atoms with Crippen LogP contribution in [0.2, 0.25) is 5.02 Å². The first kappa shape index (κ1) is 18.7. The van der Waals surface area contributed by atoms with Gasteiger partial charge in [-0.25, -0.2) is 4.98 Å². The van der Waals surface area contributed by atoms with Gasteiger partial charge >= 0.3 is 0 Å². The molecule has 3 aromatic heterocycles. The predicted molar refractivity (Wildman–Crippen MR) is 112 cm³/mol. The van der Waals surface area contributed by atoms with Crippen molar-refractivity contribution < 1.29 is 9.53 Å². The van der Waals surface area contributed by atoms with Gasteiger partial charge in [-0.15, -0.1) is 22.7 Å². The number of nitrogens with one attached hydrogen (secondary N) is 1. The van der Waals surface area contributed by atoms with Crippen LogP contribution in [0.3, 0.4) is 0 Å². The van der Waals surface area contributed by atoms with Gasteiger partial charge < -0.3 is 10.1 Å². The van der Waals surface area contributed by atoms with Crippen molar-refractivity contribution in [3.05, 3.63) is 78.8 Å². The van der Waals surface area contributed by atoms with Crippen LogP contribution in [-0.4, -0.2) is 15.3 Å². The lowest BCUT2D eigenvalue weighted by molar-refractivity contribution is 0.103. The summed E-state index contributed by atoms with van der Waals surface area (Å²) >= 11 is 8.85. The van der Waals surface area contributed by atoms with Crippen LogP contribution in [0.5, 0.6) is 5.75 Å². The largest absolute Gasteiger partial charge is 0.485 e. The summed E-state index contributed by atoms with van der Waals surface area (Å²) in [5.41, 5.74) is 0.809. The van der Waals surface area contributed by atoms with E-state index in [1.165, 1.54) is 33.1 Å². The van der Waals surface area contributed by atoms with Crippen LogP contribution >= 0.6 is 34.3 Å². The lowest BCUT2D eigenvalue weighted by Crippen LogP contribution is -2.15. The Hall–Kier alpha value is -2.68. The van der Waals surface area contributed by atoms with Crippen molar-refractivity contribution >= 4 is 50.8 Å². The second-order valence-electron chi connectivity index (χ2n) is 5.94. The van der Waals surface area contributed by atoms with Crippen LogP contribution in [0.4, 0.5) is 5.69 Å². The maximum atomic E-state index is 12.4. The summed E-state index contributed by atoms with van der Waals surface area (Å²) in [4.78, 5) is 31.2. The molecular formula is C19H14ClN3O3S2. The van der Waals surface area contributed by atoms with Crippen molar-refractivity contribution in [3.63, 3.8) is 0 Å². The van der Waals surface area contributed by atoms with Crippen molar-refractivity contribution in [1.82, 2.24) is 9.38 Å². The zero-order valence-electron chi connectivity index (χ0n) is 14.6. The van der Waals surface area contributed by atoms with Gasteiger partial charge in [-0.1, -0.05) is 17.7 Å². The smallest absolute Gasteiger partial charge is 0.265 e. The highest BCUT2D eigenvalue weighted by molar-refractivity contribution is 7.16. The minimum atomic E-state index is -0.242. The molecule has 0 aliphatic rings. The van der Waals surface area contributed by atoms with Crippen LogP contribution in [0, 0.1) is 6.92 Å². The number of halogens is 1. The van der Waals surface area contributed by atoms with Gasteiger partial charge in [-0.2, -0.15) is 0 Å². The molecule has 3 heterocycles. The van der Waals surface area contributed by atoms with E-state index in [-0.39, 0.29) is 18.1 Å². The Kier molecular flexibility index (Phi) is 5.17. The Bertz CT molecular complexity index is 1220. The van der Waals surface area contributed by atoms with Crippen molar-refractivity contribution in [2.24, 2.45) is 0 Å². The standard InChI is InChI=1S/C19H14ClN3O3S2/c1-11-9-23-17(24)8-13(21-19(23)28-11)10-26-15-5-4-12(20)7-14(15)22-18(25)16-3-2-6-27-16/h2-9H,10H2,1H3,(H,22,25). The number of hydrogen-bond donors (Lipinski definition) is 1. The van der Waals surface area contributed by atoms with Gasteiger partial charge in [0, 0.05) is 22.2 Å². The van der Waals surface area contributed by atoms with Crippen LogP contribution in [0.25, 0.3) is 4.96 Å². The lowest BCUT2D eigenvalue weighted by atomic mass is 10.2. The Balaban J connectivity index is 1.56. The first-order chi connectivity index (χ1) is 13.5. The molecule has 142 valence electrons. The highest BCUT2D eigenvalue weighted by Crippen LogP contribution is 2.29. The van der Waals surface area contributed by atoms with Crippen LogP contribution in [0.15, 0.2) is 52.8 Å². The molecule has 28 heavy (non-hydrogen) atoms. The molecule has 0 spiro atoms. The monoisotopic (exact) mass is 431 g/mol. The third-order valence-electron chi connectivity index (χ3n) is 3.85. The molecule has 0 bridgehead atoms. The highest BCUT2D eigenvalue weighted by atomic mass is 35.5. The van der Waals surface area contributed by atoms with E-state index in [4.69, 9.17) is 16.3 Å². The molecule has 6 nitrogen and oxygen atoms in total. The van der Waals surface area contributed by atoms with Crippen molar-refractivity contribution in [2.45, 2.75) is 13.5 Å². The number of thiophene rings is 1. The summed E-state index contributed by atoms with van der Waals surface area (Å²) in [5.74, 6) is 0.202. The van der Waals surface area contributed by atoms with E-state index < -0.39 is 0 Å². The van der Waals surface area contributed by atoms with Crippen LogP contribution in [0.1, 0.15) is 20.2 Å². The van der Waals surface area contributed by atoms with Crippen LogP contribution < -0.4 is 15.6 Å². The number of carbonyl (C=O) groups is 1. The minimum Gasteiger partial charge on any atom is -0.485 e. The topological polar surface area (TPSA) is 72.7 Å². The zero-order valence-corrected chi connectivity index (χ0v) is 17.0. The normalized spacial score (nSPS) is 10.9. The molecule has 0 radical (unpaired) electrons. The first-order valence-corrected chi connectivity index (χ1v) is 10.3. The summed E-state index contributed by atoms with van der Waals surface area (Å²) in [6, 6.07) is 9.96. The second-order valence-corrected chi connectivity index (χ2v) is 8.54. The van der Waals surface area contributed by atoms with Gasteiger partial charge in [0.2, 0.25) is 0 Å². The number of hydrogen-bond acceptors (Lipinski definition) is 6. The molecule has 4 rings (SSSR count). The number of rotatable bonds is 5. The zero-order chi connectivity index (χ0) is 19.7. The van der Waals surface area contributed by atoms with E-state index in [0.29, 0.717) is 32.0 Å². The number of anilines is 1. The molecule has 9 heteroatoms. The lowest BCUT2D eigenvalue weighted by Gasteiger charge is -2.12. The maximum absolute atomic E-state index is 12.4. The molecule has 1 amide bonds. The fourth-order valence-electron chi connectivity index (χ4n) is 2.60. The number of carbonyl (C=O) groups excluding carboxylic acids is 1. The van der Waals surface area contributed by atoms with Gasteiger partial charge in [0.1, 0.15) is 12.4 Å². The third kappa shape index (κ3) is 3.94. The second kappa shape index (κ2) is 7.75. The Morgan fingerprint density at radius 3 is 2.96 bits per heavy atom. The summed E-state index contributed by atoms with van der Waals surface area (Å²) in [7, 11) is 0. The molecule has 0 saturated heterocycles. The number of benzene rings is 1. The molecule has 4 aromatic rings. The Morgan fingerprint density at radius 2 is 2.18 bits per heavy atom. The number of thiazole rings is 1. The SMILES string of the molecule is Cc1cn2c(=O)cc(COc3ccc(Cl)cc3NC(=O)c3cccs3)nc2s1. The molecule has 0 saturated carbocycles. The molecule has 0 aliphatic heterocycles. The van der Waals surface area contributed by atoms with E-state index in [1.54, 1.807) is 30.5 Å². The summed E-state index contributed by atoms with van der Waals surface area (Å²) in [5, 5.41) is 5.12. The molecule has 0 atom stereocenters. The Labute approximate surface area is 173 Å². The molecule has 1 aromatic carbocycles. The minimum absolute atomic E-state index is 0.0895. The Morgan fingerprint density at radius 1 is 1.32 bits per heavy atom. The summed E-state index contributed by atoms with van der Waals surface area (Å²) < 4.78 is 7.34. The summed E-state index contributed by atoms with van der Waals surface area (Å²) in [6.45, 7) is 2.01. The molecule has 1 N–H and O–H groups in total. The van der Waals surface area contributed by atoms with Crippen molar-refractivity contribution in [1.29, 1.82) is 0 Å². The average Bonchev–Trinajstić information content (AvgIpc) is 3.30. The highest BCUT2D eigenvalue weighted by Gasteiger charge is 2.13. The van der Waals surface area contributed by atoms with E-state index in [2.05, 4.69) is 10.3 Å². The number of ether oxygens (including phenoxy) is 1. The number of amides is 1. The van der Waals surface area contributed by atoms with E-state index in [1.807, 2.05) is 18.4 Å². The molecular weight excluding hydrogens is 418 g/mol. The van der Waals surface area contributed by atoms with E-state index in [0.717, 1.165) is 4.88 Å². The number of aromatic nitrogens is 2. The van der Waals surface area contributed by atoms with Crippen molar-refractivity contribution in [2.75, 3.05) is 5.32 Å². The average molecular weight is 432 g/mol. The van der Waals surface area contributed by atoms with E-state index >= 15 is 0 Å². The maximum Gasteiger partial charge on any atom is 0.265 e. The van der Waals surface area contributed by atoms with Gasteiger partial charge in [-0.05, 0) is 36.6 Å². The summed E-state index contributed by atoms with van der Waals surface area (Å²) in [6.07, 6.45) is 1.76. The van der Waals surface area contributed by atoms with Gasteiger partial charge in [0.25, 0.3) is 11.5 Å². The fraction of sp³-hybridized carbons (Fsp3) is 0.105. The first-order valence-electron chi connectivity index (χ1n) is 8.25. The molecule has 0 aliphatic carbocycles. The third-order valence-corrected chi connectivity index (χ3v) is 5.85. The van der Waals surface area contributed by atoms with Crippen LogP contribution in [-0.2, 0) is 6.61 Å². The van der Waals surface area contributed by atoms with Gasteiger partial charge in [0.15, 0.2) is 4.96 Å². The van der Waals surface area contributed by atoms with Gasteiger partial charge in [-0.3, -0.25) is 14.0 Å². The number of nitrogens with zero attached hydrogens (tertiary/aromatic N) is 2. The van der Waals surface area contributed by atoms with Gasteiger partial charge in [0.05, 0.1) is 16.3 Å². The van der Waals surface area contributed by atoms with E-state index in [9.17, 15) is 9.59 Å². The quantitative estimate of drug-likeness (QED) is 0.500. The predicted octanol–water partition coefficient (Wildman–Crippen LogP) is 4.61. The molecule has 0 unspecified atom stereocenters. The molecule has 0 fully saturated rings. The number of fused-ring (bicyclic) bond motifs is 1. The number of aryl methyl sites for hydroxylation is 1. The van der Waals surface area contributed by atoms with Crippen molar-refractivity contribution in [3.8, 4) is 5.75 Å².